The average Bonchev–Trinajstić information content (AvgIpc) is 2.15. The molecule has 58 valence electrons. The third-order valence-electron chi connectivity index (χ3n) is 1.62. The molecule has 0 unspecified atom stereocenters. The molecule has 0 aliphatic carbocycles. The van der Waals surface area contributed by atoms with E-state index in [9.17, 15) is 0 Å². The molecule has 3 N–H and O–H groups in total. The molecule has 1 rings (SSSR count). The first-order valence-corrected chi connectivity index (χ1v) is 3.59. The molecule has 0 spiro atoms. The van der Waals surface area contributed by atoms with Crippen LogP contribution >= 0.6 is 0 Å². The Bertz CT molecular complexity index is 140. The lowest BCUT2D eigenvalue weighted by atomic mass is 10.2. The summed E-state index contributed by atoms with van der Waals surface area (Å²) in [4.78, 5) is 2.17. The summed E-state index contributed by atoms with van der Waals surface area (Å²) in [6.07, 6.45) is 2.99. The first-order chi connectivity index (χ1) is 4.70. The first-order valence-electron chi connectivity index (χ1n) is 3.59. The fourth-order valence-electron chi connectivity index (χ4n) is 1.06. The minimum absolute atomic E-state index is 0.258. The summed E-state index contributed by atoms with van der Waals surface area (Å²) >= 11 is 0. The molecule has 0 amide bonds. The van der Waals surface area contributed by atoms with E-state index in [-0.39, 0.29) is 6.04 Å². The van der Waals surface area contributed by atoms with E-state index >= 15 is 0 Å². The van der Waals surface area contributed by atoms with Crippen molar-refractivity contribution < 1.29 is 0 Å². The molecule has 0 saturated heterocycles. The monoisotopic (exact) mass is 141 g/mol. The quantitative estimate of drug-likeness (QED) is 0.571. The summed E-state index contributed by atoms with van der Waals surface area (Å²) in [6, 6.07) is 0.258. The Morgan fingerprint density at radius 2 is 2.60 bits per heavy atom. The zero-order valence-corrected chi connectivity index (χ0v) is 6.59. The summed E-state index contributed by atoms with van der Waals surface area (Å²) in [5, 5.41) is 3.14. The normalized spacial score (nSPS) is 20.3. The van der Waals surface area contributed by atoms with Crippen LogP contribution in [0.5, 0.6) is 0 Å². The number of hydrogen-bond acceptors (Lipinski definition) is 3. The van der Waals surface area contributed by atoms with Gasteiger partial charge in [0.25, 0.3) is 0 Å². The fourth-order valence-corrected chi connectivity index (χ4v) is 1.06. The smallest absolute Gasteiger partial charge is 0.0866 e. The zero-order chi connectivity index (χ0) is 7.56. The van der Waals surface area contributed by atoms with Crippen molar-refractivity contribution in [3.8, 4) is 0 Å². The van der Waals surface area contributed by atoms with Crippen LogP contribution in [0, 0.1) is 0 Å². The van der Waals surface area contributed by atoms with Gasteiger partial charge < -0.3 is 16.0 Å². The third kappa shape index (κ3) is 1.64. The molecular formula is C7H15N3. The lowest BCUT2D eigenvalue weighted by molar-refractivity contribution is 0.418. The van der Waals surface area contributed by atoms with Gasteiger partial charge in [0.15, 0.2) is 0 Å². The van der Waals surface area contributed by atoms with Gasteiger partial charge in [0, 0.05) is 31.4 Å². The first kappa shape index (κ1) is 7.41. The van der Waals surface area contributed by atoms with Gasteiger partial charge in [-0.05, 0) is 6.92 Å². The fraction of sp³-hybridized carbons (Fsp3) is 0.714. The van der Waals surface area contributed by atoms with Crippen LogP contribution in [0.25, 0.3) is 0 Å². The summed E-state index contributed by atoms with van der Waals surface area (Å²) in [7, 11) is 2.06. The van der Waals surface area contributed by atoms with Gasteiger partial charge in [0.2, 0.25) is 0 Å². The number of nitrogens with two attached hydrogens (primary N) is 1. The number of rotatable bonds is 2. The average molecular weight is 141 g/mol. The molecule has 1 atom stereocenters. The summed E-state index contributed by atoms with van der Waals surface area (Å²) in [5.74, 6) is 0. The highest BCUT2D eigenvalue weighted by molar-refractivity contribution is 5.05. The van der Waals surface area contributed by atoms with Gasteiger partial charge in [0.1, 0.15) is 0 Å². The molecule has 10 heavy (non-hydrogen) atoms. The van der Waals surface area contributed by atoms with Crippen LogP contribution in [-0.2, 0) is 0 Å². The van der Waals surface area contributed by atoms with E-state index < -0.39 is 0 Å². The summed E-state index contributed by atoms with van der Waals surface area (Å²) in [5.41, 5.74) is 6.94. The van der Waals surface area contributed by atoms with Crippen molar-refractivity contribution in [2.24, 2.45) is 5.73 Å². The highest BCUT2D eigenvalue weighted by Gasteiger charge is 2.10. The molecule has 1 heterocycles. The Hall–Kier alpha value is -0.700. The second kappa shape index (κ2) is 2.92. The van der Waals surface area contributed by atoms with E-state index in [0.29, 0.717) is 0 Å². The largest absolute Gasteiger partial charge is 0.372 e. The highest BCUT2D eigenvalue weighted by atomic mass is 15.2. The summed E-state index contributed by atoms with van der Waals surface area (Å²) in [6.45, 7) is 2.94. The molecule has 0 aromatic heterocycles. The van der Waals surface area contributed by atoms with Gasteiger partial charge >= 0.3 is 0 Å². The number of nitrogens with one attached hydrogen (secondary N) is 1. The maximum Gasteiger partial charge on any atom is 0.0866 e. The summed E-state index contributed by atoms with van der Waals surface area (Å²) < 4.78 is 0. The van der Waals surface area contributed by atoms with Crippen molar-refractivity contribution in [1.82, 2.24) is 10.2 Å². The van der Waals surface area contributed by atoms with Gasteiger partial charge in [-0.15, -0.1) is 0 Å². The molecule has 3 heteroatoms. The van der Waals surface area contributed by atoms with Crippen molar-refractivity contribution in [3.05, 3.63) is 11.9 Å². The standard InChI is InChI=1S/C7H15N3/c1-6(8)3-7-4-9-5-10(7)2/h4,6,9H,3,5,8H2,1-2H3/t6-/m0/s1. The van der Waals surface area contributed by atoms with E-state index in [0.717, 1.165) is 13.1 Å². The second-order valence-electron chi connectivity index (χ2n) is 2.88. The van der Waals surface area contributed by atoms with Gasteiger partial charge in [-0.3, -0.25) is 0 Å². The van der Waals surface area contributed by atoms with Crippen molar-refractivity contribution in [2.45, 2.75) is 19.4 Å². The van der Waals surface area contributed by atoms with E-state index in [4.69, 9.17) is 5.73 Å². The lowest BCUT2D eigenvalue weighted by Gasteiger charge is -2.15. The SMILES string of the molecule is C[C@H](N)CC1=CNCN1C. The predicted octanol–water partition coefficient (Wildman–Crippen LogP) is 0.0576. The maximum absolute atomic E-state index is 5.64. The highest BCUT2D eigenvalue weighted by Crippen LogP contribution is 2.10. The van der Waals surface area contributed by atoms with Crippen LogP contribution in [-0.4, -0.2) is 24.7 Å². The molecule has 1 aliphatic rings. The van der Waals surface area contributed by atoms with Crippen LogP contribution in [0.15, 0.2) is 11.9 Å². The Labute approximate surface area is 61.9 Å². The van der Waals surface area contributed by atoms with Crippen LogP contribution < -0.4 is 11.1 Å². The molecule has 0 fully saturated rings. The van der Waals surface area contributed by atoms with Gasteiger partial charge in [-0.2, -0.15) is 0 Å². The van der Waals surface area contributed by atoms with Gasteiger partial charge in [0.05, 0.1) is 6.67 Å². The van der Waals surface area contributed by atoms with Crippen LogP contribution in [0.1, 0.15) is 13.3 Å². The zero-order valence-electron chi connectivity index (χ0n) is 6.59. The minimum Gasteiger partial charge on any atom is -0.372 e. The maximum atomic E-state index is 5.64. The third-order valence-corrected chi connectivity index (χ3v) is 1.62. The van der Waals surface area contributed by atoms with Crippen molar-refractivity contribution in [2.75, 3.05) is 13.7 Å². The van der Waals surface area contributed by atoms with Crippen LogP contribution in [0.3, 0.4) is 0 Å². The van der Waals surface area contributed by atoms with Crippen LogP contribution in [0.2, 0.25) is 0 Å². The molecule has 0 saturated carbocycles. The van der Waals surface area contributed by atoms with Gasteiger partial charge in [-0.25, -0.2) is 0 Å². The van der Waals surface area contributed by atoms with E-state index in [1.807, 2.05) is 13.1 Å². The van der Waals surface area contributed by atoms with Crippen molar-refractivity contribution in [1.29, 1.82) is 0 Å². The predicted molar refractivity (Wildman–Crippen MR) is 42.1 cm³/mol. The van der Waals surface area contributed by atoms with Gasteiger partial charge in [-0.1, -0.05) is 0 Å². The Morgan fingerprint density at radius 1 is 1.90 bits per heavy atom. The number of nitrogens with zero attached hydrogens (tertiary/aromatic N) is 1. The Morgan fingerprint density at radius 3 is 3.00 bits per heavy atom. The van der Waals surface area contributed by atoms with Crippen molar-refractivity contribution >= 4 is 0 Å². The molecule has 3 nitrogen and oxygen atoms in total. The molecule has 1 aliphatic heterocycles. The van der Waals surface area contributed by atoms with E-state index in [1.54, 1.807) is 0 Å². The molecule has 0 aromatic rings. The molecular weight excluding hydrogens is 126 g/mol. The Balaban J connectivity index is 2.40. The van der Waals surface area contributed by atoms with E-state index in [2.05, 4.69) is 17.3 Å². The molecule has 0 radical (unpaired) electrons. The molecule has 0 aromatic carbocycles. The van der Waals surface area contributed by atoms with Crippen molar-refractivity contribution in [3.63, 3.8) is 0 Å². The minimum atomic E-state index is 0.258. The lowest BCUT2D eigenvalue weighted by Crippen LogP contribution is -2.23. The second-order valence-corrected chi connectivity index (χ2v) is 2.88. The number of hydrogen-bond donors (Lipinski definition) is 2. The van der Waals surface area contributed by atoms with Crippen LogP contribution in [0.4, 0.5) is 0 Å². The topological polar surface area (TPSA) is 41.3 Å². The Kier molecular flexibility index (Phi) is 2.17. The molecule has 0 bridgehead atoms. The van der Waals surface area contributed by atoms with E-state index in [1.165, 1.54) is 5.70 Å².